The maximum absolute atomic E-state index is 13.6. The molecule has 20 heavy (non-hydrogen) atoms. The van der Waals surface area contributed by atoms with Gasteiger partial charge in [-0.25, -0.2) is 13.2 Å². The Morgan fingerprint density at radius 2 is 1.35 bits per heavy atom. The Kier molecular flexibility index (Phi) is 3.37. The van der Waals surface area contributed by atoms with Gasteiger partial charge in [-0.2, -0.15) is 13.2 Å². The Labute approximate surface area is 109 Å². The highest BCUT2D eigenvalue weighted by Gasteiger charge is 2.34. The molecule has 0 aromatic heterocycles. The van der Waals surface area contributed by atoms with E-state index in [2.05, 4.69) is 0 Å². The van der Waals surface area contributed by atoms with E-state index in [1.54, 1.807) is 0 Å². The number of rotatable bonds is 1. The van der Waals surface area contributed by atoms with Crippen LogP contribution in [-0.2, 0) is 6.18 Å². The van der Waals surface area contributed by atoms with Crippen LogP contribution in [0.1, 0.15) is 5.56 Å². The molecule has 0 unspecified atom stereocenters. The normalized spacial score (nSPS) is 11.7. The second kappa shape index (κ2) is 4.73. The van der Waals surface area contributed by atoms with Crippen LogP contribution in [0.25, 0.3) is 11.1 Å². The van der Waals surface area contributed by atoms with Crippen molar-refractivity contribution in [2.75, 3.05) is 5.73 Å². The van der Waals surface area contributed by atoms with Crippen LogP contribution in [0.3, 0.4) is 0 Å². The summed E-state index contributed by atoms with van der Waals surface area (Å²) in [5.41, 5.74) is 2.55. The molecule has 2 aromatic carbocycles. The molecule has 0 aliphatic heterocycles. The van der Waals surface area contributed by atoms with Gasteiger partial charge in [-0.05, 0) is 29.8 Å². The van der Waals surface area contributed by atoms with Crippen molar-refractivity contribution in [3.63, 3.8) is 0 Å². The van der Waals surface area contributed by atoms with Crippen LogP contribution >= 0.6 is 0 Å². The third-order valence-electron chi connectivity index (χ3n) is 2.63. The molecule has 7 heteroatoms. The van der Waals surface area contributed by atoms with Crippen LogP contribution in [0.4, 0.5) is 32.0 Å². The number of alkyl halides is 3. The molecule has 0 fully saturated rings. The van der Waals surface area contributed by atoms with E-state index in [0.717, 1.165) is 18.2 Å². The number of hydrogen-bond donors (Lipinski definition) is 1. The maximum Gasteiger partial charge on any atom is 0.419 e. The smallest absolute Gasteiger partial charge is 0.399 e. The first-order valence-corrected chi connectivity index (χ1v) is 5.32. The monoisotopic (exact) mass is 291 g/mol. The van der Waals surface area contributed by atoms with Gasteiger partial charge in [0, 0.05) is 5.69 Å². The molecule has 0 aliphatic carbocycles. The van der Waals surface area contributed by atoms with Crippen molar-refractivity contribution in [1.82, 2.24) is 0 Å². The summed E-state index contributed by atoms with van der Waals surface area (Å²) in [7, 11) is 0. The van der Waals surface area contributed by atoms with Gasteiger partial charge in [0.2, 0.25) is 0 Å². The Bertz CT molecular complexity index is 639. The number of nitrogens with two attached hydrogens (primary N) is 1. The molecule has 2 rings (SSSR count). The number of nitrogen functional groups attached to an aromatic ring is 1. The number of hydrogen-bond acceptors (Lipinski definition) is 1. The highest BCUT2D eigenvalue weighted by molar-refractivity contribution is 5.67. The van der Waals surface area contributed by atoms with Crippen molar-refractivity contribution in [3.05, 3.63) is 53.3 Å². The summed E-state index contributed by atoms with van der Waals surface area (Å²) in [5.74, 6) is -3.77. The van der Waals surface area contributed by atoms with Gasteiger partial charge in [0.1, 0.15) is 17.5 Å². The molecule has 2 N–H and O–H groups in total. The quantitative estimate of drug-likeness (QED) is 0.612. The molecule has 0 radical (unpaired) electrons. The third kappa shape index (κ3) is 2.56. The van der Waals surface area contributed by atoms with Gasteiger partial charge >= 0.3 is 6.18 Å². The van der Waals surface area contributed by atoms with Crippen LogP contribution in [-0.4, -0.2) is 0 Å². The lowest BCUT2D eigenvalue weighted by molar-refractivity contribution is -0.139. The molecule has 1 nitrogen and oxygen atoms in total. The van der Waals surface area contributed by atoms with E-state index in [-0.39, 0.29) is 11.3 Å². The summed E-state index contributed by atoms with van der Waals surface area (Å²) in [6.45, 7) is 0. The van der Waals surface area contributed by atoms with E-state index < -0.39 is 34.8 Å². The lowest BCUT2D eigenvalue weighted by Crippen LogP contribution is -2.08. The first-order valence-electron chi connectivity index (χ1n) is 5.32. The molecule has 0 aliphatic rings. The molecule has 0 heterocycles. The molecule has 0 spiro atoms. The second-order valence-corrected chi connectivity index (χ2v) is 4.05. The van der Waals surface area contributed by atoms with Gasteiger partial charge in [-0.1, -0.05) is 6.07 Å². The van der Waals surface area contributed by atoms with Gasteiger partial charge < -0.3 is 5.73 Å². The summed E-state index contributed by atoms with van der Waals surface area (Å²) in [4.78, 5) is 0. The summed E-state index contributed by atoms with van der Waals surface area (Å²) in [5, 5.41) is 0. The molecule has 0 saturated heterocycles. The lowest BCUT2D eigenvalue weighted by atomic mass is 10.0. The zero-order valence-corrected chi connectivity index (χ0v) is 9.73. The molecular formula is C13H7F6N. The molecule has 0 saturated carbocycles. The van der Waals surface area contributed by atoms with E-state index >= 15 is 0 Å². The maximum atomic E-state index is 13.6. The Hall–Kier alpha value is -2.18. The fourth-order valence-corrected chi connectivity index (χ4v) is 1.77. The zero-order chi connectivity index (χ0) is 15.1. The average Bonchev–Trinajstić information content (AvgIpc) is 2.25. The van der Waals surface area contributed by atoms with Crippen molar-refractivity contribution in [1.29, 1.82) is 0 Å². The fourth-order valence-electron chi connectivity index (χ4n) is 1.77. The number of anilines is 1. The van der Waals surface area contributed by atoms with Crippen molar-refractivity contribution in [2.24, 2.45) is 0 Å². The van der Waals surface area contributed by atoms with E-state index in [1.807, 2.05) is 0 Å². The fraction of sp³-hybridized carbons (Fsp3) is 0.0769. The molecule has 0 atom stereocenters. The standard InChI is InChI=1S/C13H7F6N/c14-9-3-6(1-2-8(9)13(17,18)19)12-10(15)4-7(20)5-11(12)16/h1-5H,20H2. The van der Waals surface area contributed by atoms with Gasteiger partial charge in [0.05, 0.1) is 11.1 Å². The Morgan fingerprint density at radius 3 is 1.80 bits per heavy atom. The molecule has 0 amide bonds. The summed E-state index contributed by atoms with van der Waals surface area (Å²) < 4.78 is 77.8. The molecular weight excluding hydrogens is 284 g/mol. The zero-order valence-electron chi connectivity index (χ0n) is 9.73. The van der Waals surface area contributed by atoms with E-state index in [1.165, 1.54) is 0 Å². The first-order chi connectivity index (χ1) is 9.20. The first kappa shape index (κ1) is 14.2. The highest BCUT2D eigenvalue weighted by atomic mass is 19.4. The Balaban J connectivity index is 2.59. The largest absolute Gasteiger partial charge is 0.419 e. The van der Waals surface area contributed by atoms with Gasteiger partial charge in [0.25, 0.3) is 0 Å². The van der Waals surface area contributed by atoms with Crippen molar-refractivity contribution < 1.29 is 26.3 Å². The van der Waals surface area contributed by atoms with Crippen LogP contribution in [0.5, 0.6) is 0 Å². The van der Waals surface area contributed by atoms with E-state index in [0.29, 0.717) is 12.1 Å². The van der Waals surface area contributed by atoms with Crippen LogP contribution < -0.4 is 5.73 Å². The minimum atomic E-state index is -4.87. The molecule has 106 valence electrons. The molecule has 0 bridgehead atoms. The summed E-state index contributed by atoms with van der Waals surface area (Å²) in [6.07, 6.45) is -4.87. The number of halogens is 6. The minimum absolute atomic E-state index is 0.184. The van der Waals surface area contributed by atoms with Gasteiger partial charge in [-0.15, -0.1) is 0 Å². The summed E-state index contributed by atoms with van der Waals surface area (Å²) >= 11 is 0. The Morgan fingerprint density at radius 1 is 0.800 bits per heavy atom. The summed E-state index contributed by atoms with van der Waals surface area (Å²) in [6, 6.07) is 3.26. The third-order valence-corrected chi connectivity index (χ3v) is 2.63. The number of benzene rings is 2. The second-order valence-electron chi connectivity index (χ2n) is 4.05. The highest BCUT2D eigenvalue weighted by Crippen LogP contribution is 2.35. The van der Waals surface area contributed by atoms with Crippen LogP contribution in [0.15, 0.2) is 30.3 Å². The lowest BCUT2D eigenvalue weighted by Gasteiger charge is -2.11. The van der Waals surface area contributed by atoms with Crippen molar-refractivity contribution in [3.8, 4) is 11.1 Å². The van der Waals surface area contributed by atoms with Gasteiger partial charge in [0.15, 0.2) is 0 Å². The van der Waals surface area contributed by atoms with Gasteiger partial charge in [-0.3, -0.25) is 0 Å². The predicted octanol–water partition coefficient (Wildman–Crippen LogP) is 4.37. The van der Waals surface area contributed by atoms with Crippen LogP contribution in [0, 0.1) is 17.5 Å². The minimum Gasteiger partial charge on any atom is -0.399 e. The van der Waals surface area contributed by atoms with Crippen molar-refractivity contribution in [2.45, 2.75) is 6.18 Å². The van der Waals surface area contributed by atoms with Crippen LogP contribution in [0.2, 0.25) is 0 Å². The topological polar surface area (TPSA) is 26.0 Å². The SMILES string of the molecule is Nc1cc(F)c(-c2ccc(C(F)(F)F)c(F)c2)c(F)c1. The van der Waals surface area contributed by atoms with E-state index in [9.17, 15) is 26.3 Å². The average molecular weight is 291 g/mol. The molecule has 2 aromatic rings. The van der Waals surface area contributed by atoms with Crippen molar-refractivity contribution >= 4 is 5.69 Å². The van der Waals surface area contributed by atoms with E-state index in [4.69, 9.17) is 5.73 Å². The predicted molar refractivity (Wildman–Crippen MR) is 61.2 cm³/mol.